The van der Waals surface area contributed by atoms with E-state index in [0.717, 1.165) is 6.07 Å². The zero-order valence-corrected chi connectivity index (χ0v) is 13.0. The number of carboxylic acid groups (broad SMARTS) is 1. The first-order valence-corrected chi connectivity index (χ1v) is 7.78. The van der Waals surface area contributed by atoms with Crippen LogP contribution in [-0.2, 0) is 11.0 Å². The Morgan fingerprint density at radius 1 is 1.16 bits per heavy atom. The number of halogens is 3. The van der Waals surface area contributed by atoms with Gasteiger partial charge in [0.25, 0.3) is 0 Å². The predicted molar refractivity (Wildman–Crippen MR) is 81.5 cm³/mol. The third-order valence-electron chi connectivity index (χ3n) is 4.65. The van der Waals surface area contributed by atoms with Crippen LogP contribution in [-0.4, -0.2) is 16.2 Å². The van der Waals surface area contributed by atoms with Crippen LogP contribution in [0.1, 0.15) is 42.9 Å². The monoisotopic (exact) mass is 356 g/mol. The number of aromatic hydroxyl groups is 1. The molecule has 1 aromatic carbocycles. The summed E-state index contributed by atoms with van der Waals surface area (Å²) in [6.45, 7) is 0. The Hall–Kier alpha value is -2.51. The number of hydrogen-bond acceptors (Lipinski definition) is 4. The lowest BCUT2D eigenvalue weighted by Gasteiger charge is -2.27. The maximum atomic E-state index is 13.4. The summed E-state index contributed by atoms with van der Waals surface area (Å²) in [6, 6.07) is 3.40. The Labute approximate surface area is 139 Å². The Morgan fingerprint density at radius 2 is 1.80 bits per heavy atom. The standard InChI is InChI=1S/C17H15F3O5/c18-17(19,20)15-13(8-1-3-9(4-2-8)16(23)24)14(22)11-6-5-10(21)7-12(11)25-15/h5-9,21H,1-4H2,(H,23,24). The molecule has 1 heterocycles. The molecule has 2 N–H and O–H groups in total. The highest BCUT2D eigenvalue weighted by atomic mass is 19.4. The van der Waals surface area contributed by atoms with Crippen LogP contribution in [0.3, 0.4) is 0 Å². The lowest BCUT2D eigenvalue weighted by molar-refractivity contribution is -0.154. The van der Waals surface area contributed by atoms with Crippen molar-refractivity contribution in [2.75, 3.05) is 0 Å². The second-order valence-corrected chi connectivity index (χ2v) is 6.24. The van der Waals surface area contributed by atoms with Gasteiger partial charge in [0.2, 0.25) is 5.76 Å². The highest BCUT2D eigenvalue weighted by Crippen LogP contribution is 2.41. The van der Waals surface area contributed by atoms with Crippen molar-refractivity contribution >= 4 is 16.9 Å². The Balaban J connectivity index is 2.13. The molecule has 0 unspecified atom stereocenters. The maximum Gasteiger partial charge on any atom is 0.449 e. The second-order valence-electron chi connectivity index (χ2n) is 6.24. The highest BCUT2D eigenvalue weighted by molar-refractivity contribution is 5.79. The van der Waals surface area contributed by atoms with Crippen LogP contribution in [0.4, 0.5) is 13.2 Å². The smallest absolute Gasteiger partial charge is 0.449 e. The van der Waals surface area contributed by atoms with Crippen molar-refractivity contribution in [3.8, 4) is 5.75 Å². The Kier molecular flexibility index (Phi) is 4.22. The molecule has 25 heavy (non-hydrogen) atoms. The van der Waals surface area contributed by atoms with E-state index in [9.17, 15) is 27.9 Å². The minimum absolute atomic E-state index is 0.0406. The van der Waals surface area contributed by atoms with E-state index in [0.29, 0.717) is 0 Å². The number of carboxylic acids is 1. The van der Waals surface area contributed by atoms with E-state index in [4.69, 9.17) is 9.52 Å². The van der Waals surface area contributed by atoms with Gasteiger partial charge in [-0.1, -0.05) is 0 Å². The molecule has 0 radical (unpaired) electrons. The summed E-state index contributed by atoms with van der Waals surface area (Å²) >= 11 is 0. The van der Waals surface area contributed by atoms with Crippen LogP contribution < -0.4 is 5.43 Å². The fourth-order valence-electron chi connectivity index (χ4n) is 3.41. The molecule has 1 saturated carbocycles. The molecule has 0 spiro atoms. The van der Waals surface area contributed by atoms with E-state index in [1.807, 2.05) is 0 Å². The molecular formula is C17H15F3O5. The first-order chi connectivity index (χ1) is 11.7. The number of phenolic OH excluding ortho intramolecular Hbond substituents is 1. The minimum atomic E-state index is -4.86. The summed E-state index contributed by atoms with van der Waals surface area (Å²) in [5.41, 5.74) is -1.57. The molecule has 1 fully saturated rings. The van der Waals surface area contributed by atoms with E-state index in [1.54, 1.807) is 0 Å². The number of rotatable bonds is 2. The fourth-order valence-corrected chi connectivity index (χ4v) is 3.41. The van der Waals surface area contributed by atoms with Crippen molar-refractivity contribution < 1.29 is 32.6 Å². The number of alkyl halides is 3. The van der Waals surface area contributed by atoms with Crippen molar-refractivity contribution in [1.82, 2.24) is 0 Å². The van der Waals surface area contributed by atoms with Gasteiger partial charge >= 0.3 is 12.1 Å². The molecule has 134 valence electrons. The Morgan fingerprint density at radius 3 is 2.36 bits per heavy atom. The molecule has 5 nitrogen and oxygen atoms in total. The number of carbonyl (C=O) groups is 1. The molecule has 2 aromatic rings. The van der Waals surface area contributed by atoms with Gasteiger partial charge in [0.05, 0.1) is 16.9 Å². The molecule has 1 aliphatic carbocycles. The summed E-state index contributed by atoms with van der Waals surface area (Å²) in [7, 11) is 0. The van der Waals surface area contributed by atoms with Crippen LogP contribution in [0.2, 0.25) is 0 Å². The number of phenols is 1. The van der Waals surface area contributed by atoms with Crippen molar-refractivity contribution in [2.24, 2.45) is 5.92 Å². The van der Waals surface area contributed by atoms with Gasteiger partial charge in [-0.2, -0.15) is 13.2 Å². The van der Waals surface area contributed by atoms with Crippen molar-refractivity contribution in [3.05, 3.63) is 39.7 Å². The van der Waals surface area contributed by atoms with E-state index in [1.165, 1.54) is 12.1 Å². The predicted octanol–water partition coefficient (Wildman–Crippen LogP) is 3.88. The van der Waals surface area contributed by atoms with Gasteiger partial charge in [-0.15, -0.1) is 0 Å². The minimum Gasteiger partial charge on any atom is -0.508 e. The number of aliphatic carboxylic acids is 1. The van der Waals surface area contributed by atoms with Gasteiger partial charge in [-0.05, 0) is 43.7 Å². The Bertz CT molecular complexity index is 876. The van der Waals surface area contributed by atoms with Crippen LogP contribution in [0.15, 0.2) is 27.4 Å². The van der Waals surface area contributed by atoms with Gasteiger partial charge < -0.3 is 14.6 Å². The van der Waals surface area contributed by atoms with Crippen LogP contribution in [0, 0.1) is 5.92 Å². The van der Waals surface area contributed by atoms with Crippen LogP contribution >= 0.6 is 0 Å². The molecule has 0 bridgehead atoms. The molecular weight excluding hydrogens is 341 g/mol. The first-order valence-electron chi connectivity index (χ1n) is 7.78. The summed E-state index contributed by atoms with van der Waals surface area (Å²) in [5, 5.41) is 18.4. The third kappa shape index (κ3) is 3.20. The SMILES string of the molecule is O=C(O)C1CCC(c2c(C(F)(F)F)oc3cc(O)ccc3c2=O)CC1. The second kappa shape index (κ2) is 6.09. The van der Waals surface area contributed by atoms with Gasteiger partial charge in [0.15, 0.2) is 5.43 Å². The van der Waals surface area contributed by atoms with Gasteiger partial charge in [0, 0.05) is 6.07 Å². The summed E-state index contributed by atoms with van der Waals surface area (Å²) in [4.78, 5) is 23.7. The normalized spacial score (nSPS) is 21.4. The zero-order chi connectivity index (χ0) is 18.4. The lowest BCUT2D eigenvalue weighted by Crippen LogP contribution is -2.26. The maximum absolute atomic E-state index is 13.4. The zero-order valence-electron chi connectivity index (χ0n) is 13.0. The van der Waals surface area contributed by atoms with Gasteiger partial charge in [0.1, 0.15) is 11.3 Å². The molecule has 3 rings (SSSR count). The number of hydrogen-bond donors (Lipinski definition) is 2. The van der Waals surface area contributed by atoms with Crippen LogP contribution in [0.5, 0.6) is 5.75 Å². The number of benzene rings is 1. The lowest BCUT2D eigenvalue weighted by atomic mass is 9.78. The average molecular weight is 356 g/mol. The summed E-state index contributed by atoms with van der Waals surface area (Å²) in [5.74, 6) is -3.96. The summed E-state index contributed by atoms with van der Waals surface area (Å²) in [6.07, 6.45) is -4.09. The van der Waals surface area contributed by atoms with Crippen molar-refractivity contribution in [2.45, 2.75) is 37.8 Å². The van der Waals surface area contributed by atoms with E-state index in [-0.39, 0.29) is 42.4 Å². The average Bonchev–Trinajstić information content (AvgIpc) is 2.53. The molecule has 0 amide bonds. The van der Waals surface area contributed by atoms with Crippen LogP contribution in [0.25, 0.3) is 11.0 Å². The van der Waals surface area contributed by atoms with E-state index in [2.05, 4.69) is 0 Å². The molecule has 1 aliphatic rings. The molecule has 1 aromatic heterocycles. The van der Waals surface area contributed by atoms with Crippen molar-refractivity contribution in [3.63, 3.8) is 0 Å². The van der Waals surface area contributed by atoms with E-state index < -0.39 is 40.7 Å². The van der Waals surface area contributed by atoms with E-state index >= 15 is 0 Å². The molecule has 0 atom stereocenters. The topological polar surface area (TPSA) is 87.7 Å². The molecule has 0 saturated heterocycles. The quantitative estimate of drug-likeness (QED) is 0.853. The van der Waals surface area contributed by atoms with Crippen molar-refractivity contribution in [1.29, 1.82) is 0 Å². The summed E-state index contributed by atoms with van der Waals surface area (Å²) < 4.78 is 45.2. The molecule has 8 heteroatoms. The highest BCUT2D eigenvalue weighted by Gasteiger charge is 2.42. The van der Waals surface area contributed by atoms with Gasteiger partial charge in [-0.25, -0.2) is 0 Å². The first kappa shape index (κ1) is 17.3. The number of fused-ring (bicyclic) bond motifs is 1. The largest absolute Gasteiger partial charge is 0.508 e. The fraction of sp³-hybridized carbons (Fsp3) is 0.412. The van der Waals surface area contributed by atoms with Gasteiger partial charge in [-0.3, -0.25) is 9.59 Å². The molecule has 0 aliphatic heterocycles. The third-order valence-corrected chi connectivity index (χ3v) is 4.65.